The molecule has 39 heavy (non-hydrogen) atoms. The van der Waals surface area contributed by atoms with E-state index in [0.29, 0.717) is 35.4 Å². The molecule has 1 atom stereocenters. The lowest BCUT2D eigenvalue weighted by Gasteiger charge is -2.25. The van der Waals surface area contributed by atoms with Crippen LogP contribution in [0.15, 0.2) is 66.9 Å². The molecule has 1 aromatic heterocycles. The number of fused-ring (bicyclic) bond motifs is 1. The first kappa shape index (κ1) is 25.9. The highest BCUT2D eigenvalue weighted by Gasteiger charge is 2.30. The molecule has 0 fully saturated rings. The summed E-state index contributed by atoms with van der Waals surface area (Å²) in [6.07, 6.45) is 3.04. The molecule has 5 rings (SSSR count). The van der Waals surface area contributed by atoms with E-state index in [1.165, 1.54) is 35.0 Å². The maximum atomic E-state index is 13.1. The smallest absolute Gasteiger partial charge is 0.342 e. The van der Waals surface area contributed by atoms with Crippen LogP contribution >= 0.6 is 0 Å². The van der Waals surface area contributed by atoms with Gasteiger partial charge in [-0.25, -0.2) is 13.9 Å². The van der Waals surface area contributed by atoms with Crippen molar-refractivity contribution in [3.05, 3.63) is 101 Å². The van der Waals surface area contributed by atoms with Crippen LogP contribution < -0.4 is 9.47 Å². The van der Waals surface area contributed by atoms with Gasteiger partial charge in [0.1, 0.15) is 53.6 Å². The molecule has 1 unspecified atom stereocenters. The molecular formula is C29H26FN3O6. The summed E-state index contributed by atoms with van der Waals surface area (Å²) >= 11 is 0. The molecule has 0 amide bonds. The average Bonchev–Trinajstić information content (AvgIpc) is 3.38. The van der Waals surface area contributed by atoms with Gasteiger partial charge in [0, 0.05) is 18.1 Å². The second kappa shape index (κ2) is 11.3. The van der Waals surface area contributed by atoms with E-state index in [0.717, 1.165) is 17.7 Å². The third-order valence-electron chi connectivity index (χ3n) is 6.46. The number of aromatic nitrogens is 3. The molecule has 9 nitrogen and oxygen atoms in total. The van der Waals surface area contributed by atoms with Crippen LogP contribution in [0.4, 0.5) is 4.39 Å². The molecule has 0 bridgehead atoms. The van der Waals surface area contributed by atoms with Gasteiger partial charge in [-0.3, -0.25) is 4.79 Å². The second-order valence-corrected chi connectivity index (χ2v) is 9.22. The Morgan fingerprint density at radius 3 is 2.64 bits per heavy atom. The highest BCUT2D eigenvalue weighted by Crippen LogP contribution is 2.34. The van der Waals surface area contributed by atoms with Gasteiger partial charge >= 0.3 is 5.97 Å². The van der Waals surface area contributed by atoms with Crippen LogP contribution in [0.1, 0.15) is 44.0 Å². The number of carbonyl (C=O) groups excluding carboxylic acids is 2. The minimum atomic E-state index is -0.561. The fourth-order valence-corrected chi connectivity index (χ4v) is 4.43. The fourth-order valence-electron chi connectivity index (χ4n) is 4.43. The Kier molecular flexibility index (Phi) is 7.53. The Hall–Kier alpha value is -4.73. The molecule has 4 aromatic rings. The van der Waals surface area contributed by atoms with E-state index < -0.39 is 11.8 Å². The first-order chi connectivity index (χ1) is 18.9. The van der Waals surface area contributed by atoms with Crippen LogP contribution in [0.25, 0.3) is 0 Å². The number of aromatic hydroxyl groups is 1. The zero-order valence-corrected chi connectivity index (χ0v) is 21.2. The number of hydrogen-bond acceptors (Lipinski definition) is 8. The van der Waals surface area contributed by atoms with Gasteiger partial charge in [-0.1, -0.05) is 17.3 Å². The van der Waals surface area contributed by atoms with Gasteiger partial charge < -0.3 is 19.3 Å². The Morgan fingerprint density at radius 2 is 1.90 bits per heavy atom. The molecule has 1 N–H and O–H groups in total. The lowest BCUT2D eigenvalue weighted by atomic mass is 9.94. The summed E-state index contributed by atoms with van der Waals surface area (Å²) in [6, 6.07) is 16.1. The predicted octanol–water partition coefficient (Wildman–Crippen LogP) is 4.31. The van der Waals surface area contributed by atoms with E-state index in [1.54, 1.807) is 19.4 Å². The van der Waals surface area contributed by atoms with Gasteiger partial charge in [-0.15, -0.1) is 5.10 Å². The standard InChI is InChI=1S/C29H26FN3O6/c1-37-23-9-2-18(3-10-23)4-11-24-12-20-13-25(14-26(34)28(20)29(36)39-24)38-17-22-15-33(32-31-22)16-27(35)19-5-7-21(30)8-6-19/h2-3,5-10,13-15,24,34H,4,11-12,16-17H2,1H3. The van der Waals surface area contributed by atoms with Gasteiger partial charge in [-0.2, -0.15) is 0 Å². The molecule has 10 heteroatoms. The third-order valence-corrected chi connectivity index (χ3v) is 6.46. The Balaban J connectivity index is 1.19. The Morgan fingerprint density at radius 1 is 1.13 bits per heavy atom. The third kappa shape index (κ3) is 6.23. The molecule has 1 aliphatic rings. The number of methoxy groups -OCH3 is 1. The second-order valence-electron chi connectivity index (χ2n) is 9.22. The lowest BCUT2D eigenvalue weighted by Crippen LogP contribution is -2.28. The molecule has 0 spiro atoms. The van der Waals surface area contributed by atoms with Gasteiger partial charge in [-0.05, 0) is 66.4 Å². The summed E-state index contributed by atoms with van der Waals surface area (Å²) < 4.78 is 31.0. The van der Waals surface area contributed by atoms with Crippen LogP contribution in [0.5, 0.6) is 17.2 Å². The predicted molar refractivity (Wildman–Crippen MR) is 137 cm³/mol. The maximum Gasteiger partial charge on any atom is 0.342 e. The zero-order chi connectivity index (χ0) is 27.4. The normalized spacial score (nSPS) is 14.4. The largest absolute Gasteiger partial charge is 0.507 e. The van der Waals surface area contributed by atoms with Crippen molar-refractivity contribution in [1.82, 2.24) is 15.0 Å². The number of carbonyl (C=O) groups is 2. The van der Waals surface area contributed by atoms with Crippen molar-refractivity contribution in [3.63, 3.8) is 0 Å². The molecule has 0 saturated carbocycles. The molecule has 0 aliphatic carbocycles. The van der Waals surface area contributed by atoms with Crippen molar-refractivity contribution in [3.8, 4) is 17.2 Å². The van der Waals surface area contributed by atoms with E-state index in [2.05, 4.69) is 10.3 Å². The highest BCUT2D eigenvalue weighted by molar-refractivity contribution is 5.96. The topological polar surface area (TPSA) is 113 Å². The molecule has 200 valence electrons. The first-order valence-electron chi connectivity index (χ1n) is 12.4. The first-order valence-corrected chi connectivity index (χ1v) is 12.4. The van der Waals surface area contributed by atoms with Gasteiger partial charge in [0.05, 0.1) is 13.3 Å². The minimum Gasteiger partial charge on any atom is -0.507 e. The van der Waals surface area contributed by atoms with Crippen LogP contribution in [0.3, 0.4) is 0 Å². The fraction of sp³-hybridized carbons (Fsp3) is 0.241. The number of nitrogens with zero attached hydrogens (tertiary/aromatic N) is 3. The number of ether oxygens (including phenoxy) is 3. The zero-order valence-electron chi connectivity index (χ0n) is 21.2. The summed E-state index contributed by atoms with van der Waals surface area (Å²) in [4.78, 5) is 25.0. The van der Waals surface area contributed by atoms with E-state index >= 15 is 0 Å². The number of esters is 1. The summed E-state index contributed by atoms with van der Waals surface area (Å²) in [5.74, 6) is -0.280. The number of halogens is 1. The van der Waals surface area contributed by atoms with Crippen LogP contribution in [-0.2, 0) is 30.7 Å². The monoisotopic (exact) mass is 531 g/mol. The number of ketones is 1. The van der Waals surface area contributed by atoms with Crippen LogP contribution in [0, 0.1) is 5.82 Å². The van der Waals surface area contributed by atoms with E-state index in [4.69, 9.17) is 14.2 Å². The molecule has 2 heterocycles. The van der Waals surface area contributed by atoms with Crippen LogP contribution in [0.2, 0.25) is 0 Å². The number of phenols is 1. The Bertz CT molecular complexity index is 1480. The Labute approximate surface area is 223 Å². The van der Waals surface area contributed by atoms with Gasteiger partial charge in [0.2, 0.25) is 0 Å². The minimum absolute atomic E-state index is 0.0360. The van der Waals surface area contributed by atoms with Gasteiger partial charge in [0.15, 0.2) is 5.78 Å². The number of aryl methyl sites for hydroxylation is 1. The lowest BCUT2D eigenvalue weighted by molar-refractivity contribution is 0.0234. The summed E-state index contributed by atoms with van der Waals surface area (Å²) in [5.41, 5.74) is 2.73. The number of rotatable bonds is 10. The van der Waals surface area contributed by atoms with Crippen molar-refractivity contribution in [2.24, 2.45) is 0 Å². The van der Waals surface area contributed by atoms with Crippen molar-refractivity contribution in [2.45, 2.75) is 38.5 Å². The number of phenolic OH excluding ortho intramolecular Hbond substituents is 1. The summed E-state index contributed by atoms with van der Waals surface area (Å²) in [7, 11) is 1.62. The summed E-state index contributed by atoms with van der Waals surface area (Å²) in [5, 5.41) is 18.5. The van der Waals surface area contributed by atoms with Crippen molar-refractivity contribution in [2.75, 3.05) is 7.11 Å². The van der Waals surface area contributed by atoms with Gasteiger partial charge in [0.25, 0.3) is 0 Å². The number of hydrogen-bond donors (Lipinski definition) is 1. The number of cyclic esters (lactones) is 1. The van der Waals surface area contributed by atoms with Crippen molar-refractivity contribution in [1.29, 1.82) is 0 Å². The van der Waals surface area contributed by atoms with E-state index in [-0.39, 0.29) is 36.4 Å². The molecular weight excluding hydrogens is 505 g/mol. The quantitative estimate of drug-likeness (QED) is 0.238. The number of Topliss-reactive ketones (excluding diaryl/α,β-unsaturated/α-hetero) is 1. The molecule has 0 radical (unpaired) electrons. The molecule has 0 saturated heterocycles. The summed E-state index contributed by atoms with van der Waals surface area (Å²) in [6.45, 7) is -0.0212. The van der Waals surface area contributed by atoms with Crippen LogP contribution in [-0.4, -0.2) is 45.1 Å². The van der Waals surface area contributed by atoms with Crippen molar-refractivity contribution < 1.29 is 33.3 Å². The van der Waals surface area contributed by atoms with Crippen molar-refractivity contribution >= 4 is 11.8 Å². The highest BCUT2D eigenvalue weighted by atomic mass is 19.1. The van der Waals surface area contributed by atoms with E-state index in [1.807, 2.05) is 24.3 Å². The average molecular weight is 532 g/mol. The maximum absolute atomic E-state index is 13.1. The SMILES string of the molecule is COc1ccc(CCC2Cc3cc(OCc4cn(CC(=O)c5ccc(F)cc5)nn4)cc(O)c3C(=O)O2)cc1. The number of benzene rings is 3. The molecule has 1 aliphatic heterocycles. The van der Waals surface area contributed by atoms with E-state index in [9.17, 15) is 19.1 Å². The molecule has 3 aromatic carbocycles.